The molecule has 142 valence electrons. The van der Waals surface area contributed by atoms with Crippen LogP contribution in [-0.2, 0) is 0 Å². The summed E-state index contributed by atoms with van der Waals surface area (Å²) in [5.74, 6) is -2.90. The average molecular weight is 421 g/mol. The summed E-state index contributed by atoms with van der Waals surface area (Å²) in [6, 6.07) is 2.34. The van der Waals surface area contributed by atoms with E-state index >= 15 is 0 Å². The monoisotopic (exact) mass is 420 g/mol. The van der Waals surface area contributed by atoms with Crippen molar-refractivity contribution in [1.29, 1.82) is 0 Å². The van der Waals surface area contributed by atoms with E-state index in [9.17, 15) is 22.4 Å². The first kappa shape index (κ1) is 19.5. The first-order chi connectivity index (χ1) is 12.5. The van der Waals surface area contributed by atoms with Gasteiger partial charge in [0.2, 0.25) is 0 Å². The van der Waals surface area contributed by atoms with Crippen molar-refractivity contribution >= 4 is 34.2 Å². The number of aromatic nitrogens is 4. The highest BCUT2D eigenvalue weighted by atomic mass is 35.5. The molecule has 3 rings (SSSR count). The van der Waals surface area contributed by atoms with Gasteiger partial charge in [0.1, 0.15) is 5.15 Å². The molecule has 0 aliphatic heterocycles. The lowest BCUT2D eigenvalue weighted by Crippen LogP contribution is -2.28. The highest BCUT2D eigenvalue weighted by molar-refractivity contribution is 6.34. The Bertz CT molecular complexity index is 1110. The Morgan fingerprint density at radius 1 is 1.19 bits per heavy atom. The van der Waals surface area contributed by atoms with Crippen molar-refractivity contribution in [1.82, 2.24) is 19.5 Å². The zero-order valence-electron chi connectivity index (χ0n) is 13.8. The molecule has 11 heteroatoms. The molecule has 5 nitrogen and oxygen atoms in total. The van der Waals surface area contributed by atoms with Crippen LogP contribution in [0.5, 0.6) is 0 Å². The minimum absolute atomic E-state index is 0.0768. The first-order valence-corrected chi connectivity index (χ1v) is 8.25. The van der Waals surface area contributed by atoms with Crippen LogP contribution in [0.4, 0.5) is 17.6 Å². The van der Waals surface area contributed by atoms with Gasteiger partial charge in [-0.05, 0) is 31.5 Å². The Kier molecular flexibility index (Phi) is 4.85. The van der Waals surface area contributed by atoms with Crippen molar-refractivity contribution < 1.29 is 17.6 Å². The van der Waals surface area contributed by atoms with Crippen molar-refractivity contribution in [2.75, 3.05) is 0 Å². The van der Waals surface area contributed by atoms with Crippen molar-refractivity contribution in [3.63, 3.8) is 0 Å². The molecule has 0 fully saturated rings. The van der Waals surface area contributed by atoms with E-state index in [2.05, 4.69) is 15.0 Å². The summed E-state index contributed by atoms with van der Waals surface area (Å²) in [4.78, 5) is 23.7. The third-order valence-electron chi connectivity index (χ3n) is 4.01. The topological polar surface area (TPSA) is 60.7 Å². The normalized spacial score (nSPS) is 13.2. The molecule has 0 saturated heterocycles. The average Bonchev–Trinajstić information content (AvgIpc) is 2.56. The van der Waals surface area contributed by atoms with Gasteiger partial charge in [0.15, 0.2) is 16.6 Å². The van der Waals surface area contributed by atoms with Gasteiger partial charge in [-0.2, -0.15) is 18.2 Å². The van der Waals surface area contributed by atoms with Crippen molar-refractivity contribution in [2.24, 2.45) is 0 Å². The third kappa shape index (κ3) is 3.37. The number of aryl methyl sites for hydroxylation is 1. The molecule has 0 bridgehead atoms. The molecule has 1 atom stereocenters. The Morgan fingerprint density at radius 3 is 2.48 bits per heavy atom. The van der Waals surface area contributed by atoms with Gasteiger partial charge in [0.25, 0.3) is 0 Å². The number of nitrogens with zero attached hydrogens (tertiary/aromatic N) is 4. The van der Waals surface area contributed by atoms with Gasteiger partial charge < -0.3 is 0 Å². The Morgan fingerprint density at radius 2 is 1.85 bits per heavy atom. The van der Waals surface area contributed by atoms with E-state index in [4.69, 9.17) is 23.2 Å². The van der Waals surface area contributed by atoms with Gasteiger partial charge in [0, 0.05) is 6.20 Å². The molecule has 0 radical (unpaired) electrons. The van der Waals surface area contributed by atoms with Crippen molar-refractivity contribution in [2.45, 2.75) is 25.9 Å². The van der Waals surface area contributed by atoms with Crippen LogP contribution >= 0.6 is 23.2 Å². The van der Waals surface area contributed by atoms with Crippen molar-refractivity contribution in [3.05, 3.63) is 56.2 Å². The predicted octanol–water partition coefficient (Wildman–Crippen LogP) is 4.60. The largest absolute Gasteiger partial charge is 0.397 e. The zero-order chi connectivity index (χ0) is 20.1. The second-order valence-electron chi connectivity index (χ2n) is 5.78. The van der Waals surface area contributed by atoms with E-state index in [1.807, 2.05) is 0 Å². The van der Waals surface area contributed by atoms with E-state index in [-0.39, 0.29) is 21.9 Å². The molecule has 0 amide bonds. The lowest BCUT2D eigenvalue weighted by Gasteiger charge is -2.21. The summed E-state index contributed by atoms with van der Waals surface area (Å²) in [6.07, 6.45) is -3.40. The number of hydrogen-bond donors (Lipinski definition) is 0. The van der Waals surface area contributed by atoms with Crippen LogP contribution in [0, 0.1) is 12.7 Å². The van der Waals surface area contributed by atoms with Crippen LogP contribution in [0.15, 0.2) is 23.1 Å². The standard InChI is InChI=1S/C16H10Cl2F4N4O/c1-6-3-4-23-10(7(2)16(20,21)22)11(6)26-14-8(12(17)25-15(26)27)5-9(19)13(18)24-14/h3-5,7H,1-2H3. The molecule has 0 spiro atoms. The lowest BCUT2D eigenvalue weighted by atomic mass is 10.0. The number of hydrogen-bond acceptors (Lipinski definition) is 4. The van der Waals surface area contributed by atoms with E-state index in [1.165, 1.54) is 19.2 Å². The quantitative estimate of drug-likeness (QED) is 0.345. The van der Waals surface area contributed by atoms with E-state index in [0.29, 0.717) is 5.56 Å². The van der Waals surface area contributed by atoms with Crippen LogP contribution < -0.4 is 5.69 Å². The first-order valence-electron chi connectivity index (χ1n) is 7.49. The molecule has 3 heterocycles. The van der Waals surface area contributed by atoms with Crippen LogP contribution in [-0.4, -0.2) is 25.7 Å². The fourth-order valence-corrected chi connectivity index (χ4v) is 2.95. The van der Waals surface area contributed by atoms with E-state index < -0.39 is 34.4 Å². The van der Waals surface area contributed by atoms with E-state index in [1.54, 1.807) is 0 Å². The minimum Gasteiger partial charge on any atom is -0.258 e. The highest BCUT2D eigenvalue weighted by Gasteiger charge is 2.40. The number of halogens is 6. The SMILES string of the molecule is Cc1ccnc(C(C)C(F)(F)F)c1-n1c(=O)nc(Cl)c2cc(F)c(Cl)nc21. The van der Waals surface area contributed by atoms with Gasteiger partial charge in [-0.1, -0.05) is 23.2 Å². The van der Waals surface area contributed by atoms with Crippen LogP contribution in [0.3, 0.4) is 0 Å². The molecule has 0 aromatic carbocycles. The molecule has 0 aliphatic carbocycles. The van der Waals surface area contributed by atoms with Gasteiger partial charge in [-0.3, -0.25) is 4.98 Å². The molecule has 3 aromatic rings. The van der Waals surface area contributed by atoms with Gasteiger partial charge in [-0.25, -0.2) is 18.7 Å². The third-order valence-corrected chi connectivity index (χ3v) is 4.56. The summed E-state index contributed by atoms with van der Waals surface area (Å²) in [7, 11) is 0. The van der Waals surface area contributed by atoms with Gasteiger partial charge >= 0.3 is 11.9 Å². The van der Waals surface area contributed by atoms with Crippen LogP contribution in [0.1, 0.15) is 24.1 Å². The summed E-state index contributed by atoms with van der Waals surface area (Å²) in [5.41, 5.74) is -1.47. The molecule has 1 unspecified atom stereocenters. The molecule has 27 heavy (non-hydrogen) atoms. The Labute approximate surface area is 159 Å². The molecular weight excluding hydrogens is 411 g/mol. The summed E-state index contributed by atoms with van der Waals surface area (Å²) in [6.45, 7) is 2.42. The fourth-order valence-electron chi connectivity index (χ4n) is 2.60. The van der Waals surface area contributed by atoms with Crippen molar-refractivity contribution in [3.8, 4) is 5.69 Å². The molecule has 0 N–H and O–H groups in total. The number of rotatable bonds is 2. The maximum atomic E-state index is 13.8. The van der Waals surface area contributed by atoms with Crippen LogP contribution in [0.2, 0.25) is 10.3 Å². The summed E-state index contributed by atoms with van der Waals surface area (Å²) < 4.78 is 54.5. The number of fused-ring (bicyclic) bond motifs is 1. The molecule has 3 aromatic heterocycles. The smallest absolute Gasteiger partial charge is 0.258 e. The van der Waals surface area contributed by atoms with E-state index in [0.717, 1.165) is 17.6 Å². The van der Waals surface area contributed by atoms with Gasteiger partial charge in [0.05, 0.1) is 22.7 Å². The lowest BCUT2D eigenvalue weighted by molar-refractivity contribution is -0.147. The molecular formula is C16H10Cl2F4N4O. The summed E-state index contributed by atoms with van der Waals surface area (Å²) in [5, 5.41) is -0.988. The molecule has 0 saturated carbocycles. The number of pyridine rings is 2. The van der Waals surface area contributed by atoms with Gasteiger partial charge in [-0.15, -0.1) is 0 Å². The predicted molar refractivity (Wildman–Crippen MR) is 92.1 cm³/mol. The zero-order valence-corrected chi connectivity index (χ0v) is 15.3. The summed E-state index contributed by atoms with van der Waals surface area (Å²) >= 11 is 11.6. The Balaban J connectivity index is 2.48. The minimum atomic E-state index is -4.61. The number of alkyl halides is 3. The maximum Gasteiger partial charge on any atom is 0.397 e. The fraction of sp³-hybridized carbons (Fsp3) is 0.250. The molecule has 0 aliphatic rings. The van der Waals surface area contributed by atoms with Crippen LogP contribution in [0.25, 0.3) is 16.7 Å². The second kappa shape index (κ2) is 6.72. The maximum absolute atomic E-state index is 13.8. The highest BCUT2D eigenvalue weighted by Crippen LogP contribution is 2.37. The second-order valence-corrected chi connectivity index (χ2v) is 6.49. The Hall–Kier alpha value is -2.26.